The predicted octanol–water partition coefficient (Wildman–Crippen LogP) is 4.27. The lowest BCUT2D eigenvalue weighted by molar-refractivity contribution is -0.150. The lowest BCUT2D eigenvalue weighted by Crippen LogP contribution is -2.60. The summed E-state index contributed by atoms with van der Waals surface area (Å²) in [6.45, 7) is 3.53. The van der Waals surface area contributed by atoms with Gasteiger partial charge in [-0.2, -0.15) is 0 Å². The summed E-state index contributed by atoms with van der Waals surface area (Å²) in [6.07, 6.45) is 8.11. The third kappa shape index (κ3) is 3.75. The van der Waals surface area contributed by atoms with Crippen LogP contribution in [0.3, 0.4) is 0 Å². The van der Waals surface area contributed by atoms with Crippen LogP contribution in [0.15, 0.2) is 24.3 Å². The van der Waals surface area contributed by atoms with Crippen molar-refractivity contribution in [3.63, 3.8) is 0 Å². The van der Waals surface area contributed by atoms with Crippen molar-refractivity contribution in [1.29, 1.82) is 0 Å². The van der Waals surface area contributed by atoms with Crippen molar-refractivity contribution in [3.05, 3.63) is 29.8 Å². The summed E-state index contributed by atoms with van der Waals surface area (Å²) in [6, 6.07) is 8.74. The highest BCUT2D eigenvalue weighted by molar-refractivity contribution is 5.84. The Hall–Kier alpha value is -2.24. The molecule has 4 bridgehead atoms. The molecule has 4 saturated carbocycles. The summed E-state index contributed by atoms with van der Waals surface area (Å²) in [4.78, 5) is 27.5. The molecule has 2 atom stereocenters. The minimum Gasteiger partial charge on any atom is -0.497 e. The third-order valence-electron chi connectivity index (χ3n) is 8.60. The first-order valence-corrected chi connectivity index (χ1v) is 12.3. The van der Waals surface area contributed by atoms with Gasteiger partial charge in [0.05, 0.1) is 19.1 Å². The van der Waals surface area contributed by atoms with Crippen molar-refractivity contribution in [1.82, 2.24) is 10.2 Å². The van der Waals surface area contributed by atoms with Gasteiger partial charge in [0.25, 0.3) is 0 Å². The van der Waals surface area contributed by atoms with Crippen molar-refractivity contribution < 1.29 is 19.1 Å². The van der Waals surface area contributed by atoms with Crippen LogP contribution in [0.2, 0.25) is 0 Å². The number of piperidine rings is 1. The predicted molar refractivity (Wildman–Crippen MR) is 122 cm³/mol. The fraction of sp³-hybridized carbons (Fsp3) is 0.692. The molecule has 0 radical (unpaired) electrons. The number of ether oxygens (including phenoxy) is 2. The summed E-state index contributed by atoms with van der Waals surface area (Å²) in [7, 11) is 1.70. The Balaban J connectivity index is 1.28. The van der Waals surface area contributed by atoms with Gasteiger partial charge >= 0.3 is 6.09 Å². The molecule has 1 aromatic rings. The number of amides is 2. The average Bonchev–Trinajstić information content (AvgIpc) is 2.79. The van der Waals surface area contributed by atoms with Crippen LogP contribution in [0.5, 0.6) is 5.75 Å². The number of rotatable bonds is 5. The maximum Gasteiger partial charge on any atom is 0.409 e. The molecule has 1 saturated heterocycles. The zero-order chi connectivity index (χ0) is 22.3. The normalized spacial score (nSPS) is 33.8. The summed E-state index contributed by atoms with van der Waals surface area (Å²) in [5.41, 5.74) is 1.27. The van der Waals surface area contributed by atoms with E-state index in [9.17, 15) is 9.59 Å². The molecular formula is C26H36N2O4. The molecule has 174 valence electrons. The minimum absolute atomic E-state index is 0.126. The maximum atomic E-state index is 13.7. The number of nitrogens with zero attached hydrogens (tertiary/aromatic N) is 1. The molecular weight excluding hydrogens is 404 g/mol. The largest absolute Gasteiger partial charge is 0.497 e. The van der Waals surface area contributed by atoms with Gasteiger partial charge < -0.3 is 19.7 Å². The summed E-state index contributed by atoms with van der Waals surface area (Å²) in [5.74, 6) is 2.45. The number of benzene rings is 1. The van der Waals surface area contributed by atoms with Crippen LogP contribution in [0.25, 0.3) is 0 Å². The second-order valence-electron chi connectivity index (χ2n) is 10.7. The van der Waals surface area contributed by atoms with E-state index in [1.165, 1.54) is 24.8 Å². The Labute approximate surface area is 191 Å². The molecule has 6 heteroatoms. The molecule has 6 nitrogen and oxygen atoms in total. The standard InChI is InChI=1S/C26H36N2O4/c1-3-32-24(30)28-10-8-21(9-11-28)27-23(29)26-15-18-12-19(16-26)14-25(13-18,17-26)20-4-6-22(31-2)7-5-20/h4-7,18-19,21H,3,8-17H2,1-2H3,(H,27,29). The monoisotopic (exact) mass is 440 g/mol. The summed E-state index contributed by atoms with van der Waals surface area (Å²) < 4.78 is 10.5. The highest BCUT2D eigenvalue weighted by atomic mass is 16.6. The summed E-state index contributed by atoms with van der Waals surface area (Å²) in [5, 5.41) is 3.42. The van der Waals surface area contributed by atoms with E-state index in [-0.39, 0.29) is 28.9 Å². The van der Waals surface area contributed by atoms with Crippen molar-refractivity contribution in [2.75, 3.05) is 26.8 Å². The maximum absolute atomic E-state index is 13.7. The molecule has 5 fully saturated rings. The first-order valence-electron chi connectivity index (χ1n) is 12.3. The van der Waals surface area contributed by atoms with Gasteiger partial charge in [-0.15, -0.1) is 0 Å². The molecule has 0 spiro atoms. The number of hydrogen-bond donors (Lipinski definition) is 1. The van der Waals surface area contributed by atoms with Gasteiger partial charge in [-0.1, -0.05) is 12.1 Å². The van der Waals surface area contributed by atoms with Crippen LogP contribution in [0, 0.1) is 17.3 Å². The zero-order valence-corrected chi connectivity index (χ0v) is 19.4. The van der Waals surface area contributed by atoms with Crippen LogP contribution < -0.4 is 10.1 Å². The molecule has 1 aliphatic heterocycles. The van der Waals surface area contributed by atoms with Crippen LogP contribution in [0.1, 0.15) is 63.9 Å². The first-order chi connectivity index (χ1) is 15.4. The van der Waals surface area contributed by atoms with Crippen molar-refractivity contribution in [2.24, 2.45) is 17.3 Å². The second-order valence-corrected chi connectivity index (χ2v) is 10.7. The molecule has 1 N–H and O–H groups in total. The second kappa shape index (κ2) is 8.27. The van der Waals surface area contributed by atoms with Crippen LogP contribution >= 0.6 is 0 Å². The molecule has 1 aromatic carbocycles. The van der Waals surface area contributed by atoms with E-state index in [0.717, 1.165) is 37.9 Å². The van der Waals surface area contributed by atoms with E-state index in [4.69, 9.17) is 9.47 Å². The molecule has 5 aliphatic rings. The molecule has 0 aromatic heterocycles. The van der Waals surface area contributed by atoms with Gasteiger partial charge in [0, 0.05) is 19.1 Å². The van der Waals surface area contributed by atoms with Crippen LogP contribution in [-0.2, 0) is 14.9 Å². The number of hydrogen-bond acceptors (Lipinski definition) is 4. The average molecular weight is 441 g/mol. The highest BCUT2D eigenvalue weighted by Crippen LogP contribution is 2.65. The van der Waals surface area contributed by atoms with Crippen LogP contribution in [0.4, 0.5) is 4.79 Å². The Kier molecular flexibility index (Phi) is 5.58. The first kappa shape index (κ1) is 21.6. The van der Waals surface area contributed by atoms with Gasteiger partial charge in [0.1, 0.15) is 5.75 Å². The molecule has 2 unspecified atom stereocenters. The van der Waals surface area contributed by atoms with Gasteiger partial charge in [0.15, 0.2) is 0 Å². The molecule has 1 heterocycles. The van der Waals surface area contributed by atoms with E-state index in [0.29, 0.717) is 31.5 Å². The molecule has 4 aliphatic carbocycles. The Morgan fingerprint density at radius 3 is 2.31 bits per heavy atom. The molecule has 32 heavy (non-hydrogen) atoms. The quantitative estimate of drug-likeness (QED) is 0.742. The SMILES string of the molecule is CCOC(=O)N1CCC(NC(=O)C23CC4CC(C2)CC(c2ccc(OC)cc2)(C4)C3)CC1. The number of carbonyl (C=O) groups is 2. The smallest absolute Gasteiger partial charge is 0.409 e. The van der Waals surface area contributed by atoms with Gasteiger partial charge in [-0.25, -0.2) is 4.79 Å². The Morgan fingerprint density at radius 1 is 1.06 bits per heavy atom. The fourth-order valence-corrected chi connectivity index (χ4v) is 7.57. The fourth-order valence-electron chi connectivity index (χ4n) is 7.57. The topological polar surface area (TPSA) is 67.9 Å². The minimum atomic E-state index is -0.236. The van der Waals surface area contributed by atoms with Gasteiger partial charge in [0.2, 0.25) is 5.91 Å². The number of methoxy groups -OCH3 is 1. The van der Waals surface area contributed by atoms with Crippen LogP contribution in [-0.4, -0.2) is 49.7 Å². The lowest BCUT2D eigenvalue weighted by Gasteiger charge is -2.61. The Morgan fingerprint density at radius 2 is 1.72 bits per heavy atom. The van der Waals surface area contributed by atoms with Crippen molar-refractivity contribution >= 4 is 12.0 Å². The highest BCUT2D eigenvalue weighted by Gasteiger charge is 2.61. The molecule has 6 rings (SSSR count). The lowest BCUT2D eigenvalue weighted by atomic mass is 9.42. The van der Waals surface area contributed by atoms with E-state index in [1.807, 2.05) is 6.92 Å². The van der Waals surface area contributed by atoms with Crippen molar-refractivity contribution in [3.8, 4) is 5.75 Å². The van der Waals surface area contributed by atoms with E-state index < -0.39 is 0 Å². The van der Waals surface area contributed by atoms with Gasteiger partial charge in [-0.05, 0) is 93.2 Å². The number of likely N-dealkylation sites (tertiary alicyclic amines) is 1. The van der Waals surface area contributed by atoms with Gasteiger partial charge in [-0.3, -0.25) is 4.79 Å². The number of carbonyl (C=O) groups excluding carboxylic acids is 2. The summed E-state index contributed by atoms with van der Waals surface area (Å²) >= 11 is 0. The number of nitrogens with one attached hydrogen (secondary N) is 1. The molecule has 2 amide bonds. The van der Waals surface area contributed by atoms with E-state index in [2.05, 4.69) is 29.6 Å². The Bertz CT molecular complexity index is 845. The van der Waals surface area contributed by atoms with E-state index >= 15 is 0 Å². The van der Waals surface area contributed by atoms with E-state index in [1.54, 1.807) is 12.0 Å². The van der Waals surface area contributed by atoms with Crippen molar-refractivity contribution in [2.45, 2.75) is 69.7 Å². The zero-order valence-electron chi connectivity index (χ0n) is 19.4. The third-order valence-corrected chi connectivity index (χ3v) is 8.60.